The van der Waals surface area contributed by atoms with Crippen molar-refractivity contribution in [2.24, 2.45) is 0 Å². The zero-order chi connectivity index (χ0) is 18.9. The van der Waals surface area contributed by atoms with E-state index in [0.717, 1.165) is 0 Å². The molecule has 0 spiro atoms. The van der Waals surface area contributed by atoms with E-state index in [9.17, 15) is 10.1 Å². The molecule has 0 bridgehead atoms. The van der Waals surface area contributed by atoms with Crippen LogP contribution in [0.25, 0.3) is 0 Å². The number of nitrogens with one attached hydrogen (secondary N) is 1. The van der Waals surface area contributed by atoms with Gasteiger partial charge in [-0.05, 0) is 12.1 Å². The molecule has 0 saturated heterocycles. The molecule has 0 aliphatic heterocycles. The number of halogens is 1. The van der Waals surface area contributed by atoms with E-state index < -0.39 is 4.92 Å². The summed E-state index contributed by atoms with van der Waals surface area (Å²) in [5.74, 6) is 0.590. The van der Waals surface area contributed by atoms with Crippen molar-refractivity contribution in [2.75, 3.05) is 50.7 Å². The van der Waals surface area contributed by atoms with Crippen molar-refractivity contribution in [1.82, 2.24) is 15.0 Å². The van der Waals surface area contributed by atoms with E-state index in [1.165, 1.54) is 12.5 Å². The highest BCUT2D eigenvalue weighted by atomic mass is 35.5. The minimum Gasteiger partial charge on any atom is -0.383 e. The van der Waals surface area contributed by atoms with Gasteiger partial charge in [-0.25, -0.2) is 15.0 Å². The first-order valence-corrected chi connectivity index (χ1v) is 8.05. The summed E-state index contributed by atoms with van der Waals surface area (Å²) >= 11 is 5.81. The third kappa shape index (κ3) is 5.22. The quantitative estimate of drug-likeness (QED) is 0.487. The molecule has 0 amide bonds. The number of hydrogen-bond acceptors (Lipinski definition) is 9. The van der Waals surface area contributed by atoms with Crippen LogP contribution in [0.5, 0.6) is 0 Å². The first-order valence-electron chi connectivity index (χ1n) is 7.67. The van der Waals surface area contributed by atoms with Crippen molar-refractivity contribution in [3.63, 3.8) is 0 Å². The second-order valence-corrected chi connectivity index (χ2v) is 5.55. The maximum atomic E-state index is 11.7. The molecule has 2 heterocycles. The van der Waals surface area contributed by atoms with Crippen LogP contribution in [0.2, 0.25) is 5.02 Å². The van der Waals surface area contributed by atoms with E-state index in [0.29, 0.717) is 37.1 Å². The highest BCUT2D eigenvalue weighted by molar-refractivity contribution is 6.30. The van der Waals surface area contributed by atoms with Crippen LogP contribution in [0.1, 0.15) is 0 Å². The van der Waals surface area contributed by atoms with Crippen molar-refractivity contribution >= 4 is 34.7 Å². The second kappa shape index (κ2) is 9.80. The molecule has 0 aliphatic rings. The third-order valence-electron chi connectivity index (χ3n) is 3.39. The predicted octanol–water partition coefficient (Wildman–Crippen LogP) is 2.28. The van der Waals surface area contributed by atoms with Crippen LogP contribution in [0, 0.1) is 10.1 Å². The van der Waals surface area contributed by atoms with Gasteiger partial charge < -0.3 is 19.7 Å². The van der Waals surface area contributed by atoms with Crippen molar-refractivity contribution in [3.8, 4) is 0 Å². The van der Waals surface area contributed by atoms with Crippen LogP contribution < -0.4 is 10.2 Å². The summed E-state index contributed by atoms with van der Waals surface area (Å²) in [5, 5.41) is 15.0. The number of nitrogens with zero attached hydrogens (tertiary/aromatic N) is 5. The Labute approximate surface area is 155 Å². The van der Waals surface area contributed by atoms with Crippen LogP contribution in [0.15, 0.2) is 24.7 Å². The summed E-state index contributed by atoms with van der Waals surface area (Å²) in [7, 11) is 3.12. The van der Waals surface area contributed by atoms with Gasteiger partial charge in [0.1, 0.15) is 12.1 Å². The molecule has 0 aromatic carbocycles. The normalized spacial score (nSPS) is 10.6. The van der Waals surface area contributed by atoms with E-state index in [1.54, 1.807) is 31.3 Å². The average molecular weight is 383 g/mol. The van der Waals surface area contributed by atoms with Crippen LogP contribution in [0.4, 0.5) is 23.1 Å². The van der Waals surface area contributed by atoms with Crippen LogP contribution in [-0.2, 0) is 9.47 Å². The number of aromatic nitrogens is 3. The molecule has 0 saturated carbocycles. The van der Waals surface area contributed by atoms with E-state index >= 15 is 0 Å². The maximum Gasteiger partial charge on any atom is 0.353 e. The van der Waals surface area contributed by atoms with Crippen molar-refractivity contribution in [2.45, 2.75) is 0 Å². The smallest absolute Gasteiger partial charge is 0.353 e. The van der Waals surface area contributed by atoms with E-state index in [1.807, 2.05) is 0 Å². The van der Waals surface area contributed by atoms with Gasteiger partial charge in [0, 0.05) is 33.5 Å². The maximum absolute atomic E-state index is 11.7. The topological polar surface area (TPSA) is 116 Å². The van der Waals surface area contributed by atoms with Gasteiger partial charge in [-0.3, -0.25) is 10.1 Å². The number of ether oxygens (including phenoxy) is 2. The van der Waals surface area contributed by atoms with Gasteiger partial charge in [0.25, 0.3) is 0 Å². The molecule has 0 radical (unpaired) electrons. The van der Waals surface area contributed by atoms with Gasteiger partial charge in [-0.2, -0.15) is 0 Å². The Kier molecular flexibility index (Phi) is 7.45. The van der Waals surface area contributed by atoms with E-state index in [4.69, 9.17) is 21.1 Å². The predicted molar refractivity (Wildman–Crippen MR) is 97.2 cm³/mol. The summed E-state index contributed by atoms with van der Waals surface area (Å²) < 4.78 is 10.2. The second-order valence-electron chi connectivity index (χ2n) is 5.11. The zero-order valence-electron chi connectivity index (χ0n) is 14.4. The molecule has 0 atom stereocenters. The number of rotatable bonds is 10. The standard InChI is InChI=1S/C15H19ClN6O4/c1-25-7-5-21(6-8-26-2)15-13(22(23)24)14(18-10-19-15)20-12-4-3-11(16)9-17-12/h3-4,9-10H,5-8H2,1-2H3,(H,17,18,19,20). The summed E-state index contributed by atoms with van der Waals surface area (Å²) in [4.78, 5) is 25.0. The number of nitro groups is 1. The Morgan fingerprint density at radius 3 is 2.42 bits per heavy atom. The number of hydrogen-bond donors (Lipinski definition) is 1. The fourth-order valence-electron chi connectivity index (χ4n) is 2.16. The van der Waals surface area contributed by atoms with Crippen LogP contribution in [0.3, 0.4) is 0 Å². The van der Waals surface area contributed by atoms with Gasteiger partial charge in [0.2, 0.25) is 11.6 Å². The fraction of sp³-hybridized carbons (Fsp3) is 0.400. The number of anilines is 3. The molecule has 140 valence electrons. The minimum atomic E-state index is -0.528. The molecular formula is C15H19ClN6O4. The van der Waals surface area contributed by atoms with Gasteiger partial charge >= 0.3 is 5.69 Å². The lowest BCUT2D eigenvalue weighted by Gasteiger charge is -2.23. The highest BCUT2D eigenvalue weighted by Crippen LogP contribution is 2.33. The Hall–Kier alpha value is -2.56. The van der Waals surface area contributed by atoms with E-state index in [2.05, 4.69) is 20.3 Å². The summed E-state index contributed by atoms with van der Waals surface area (Å²) in [6, 6.07) is 3.22. The van der Waals surface area contributed by atoms with Crippen molar-refractivity contribution in [1.29, 1.82) is 0 Å². The first-order chi connectivity index (χ1) is 12.6. The number of methoxy groups -OCH3 is 2. The Balaban J connectivity index is 2.38. The molecule has 0 fully saturated rings. The largest absolute Gasteiger partial charge is 0.383 e. The lowest BCUT2D eigenvalue weighted by Crippen LogP contribution is -2.32. The Morgan fingerprint density at radius 2 is 1.88 bits per heavy atom. The summed E-state index contributed by atoms with van der Waals surface area (Å²) in [6.07, 6.45) is 2.69. The van der Waals surface area contributed by atoms with Crippen LogP contribution in [-0.4, -0.2) is 60.4 Å². The minimum absolute atomic E-state index is 0.0367. The fourth-order valence-corrected chi connectivity index (χ4v) is 2.27. The Bertz CT molecular complexity index is 723. The van der Waals surface area contributed by atoms with Gasteiger partial charge in [-0.1, -0.05) is 11.6 Å². The monoisotopic (exact) mass is 382 g/mol. The average Bonchev–Trinajstić information content (AvgIpc) is 2.63. The van der Waals surface area contributed by atoms with Gasteiger partial charge in [0.15, 0.2) is 0 Å². The zero-order valence-corrected chi connectivity index (χ0v) is 15.1. The summed E-state index contributed by atoms with van der Waals surface area (Å²) in [6.45, 7) is 1.59. The molecule has 11 heteroatoms. The first kappa shape index (κ1) is 19.8. The van der Waals surface area contributed by atoms with E-state index in [-0.39, 0.29) is 17.3 Å². The molecule has 1 N–H and O–H groups in total. The third-order valence-corrected chi connectivity index (χ3v) is 3.61. The van der Waals surface area contributed by atoms with Crippen molar-refractivity contribution in [3.05, 3.63) is 39.8 Å². The molecule has 10 nitrogen and oxygen atoms in total. The summed E-state index contributed by atoms with van der Waals surface area (Å²) in [5.41, 5.74) is -0.253. The molecular weight excluding hydrogens is 364 g/mol. The van der Waals surface area contributed by atoms with Gasteiger partial charge in [-0.15, -0.1) is 0 Å². The molecule has 0 aliphatic carbocycles. The molecule has 0 unspecified atom stereocenters. The van der Waals surface area contributed by atoms with Crippen molar-refractivity contribution < 1.29 is 14.4 Å². The van der Waals surface area contributed by atoms with Gasteiger partial charge in [0.05, 0.1) is 23.2 Å². The lowest BCUT2D eigenvalue weighted by molar-refractivity contribution is -0.383. The molecule has 26 heavy (non-hydrogen) atoms. The molecule has 2 aromatic heterocycles. The molecule has 2 rings (SSSR count). The Morgan fingerprint density at radius 1 is 1.19 bits per heavy atom. The highest BCUT2D eigenvalue weighted by Gasteiger charge is 2.27. The van der Waals surface area contributed by atoms with Crippen LogP contribution >= 0.6 is 11.6 Å². The number of pyridine rings is 1. The molecule has 2 aromatic rings. The lowest BCUT2D eigenvalue weighted by atomic mass is 10.3. The SMILES string of the molecule is COCCN(CCOC)c1ncnc(Nc2ccc(Cl)cn2)c1[N+](=O)[O-].